The van der Waals surface area contributed by atoms with Crippen LogP contribution in [0.25, 0.3) is 11.3 Å². The smallest absolute Gasteiger partial charge is 0.324 e. The fourth-order valence-corrected chi connectivity index (χ4v) is 2.18. The first-order valence-electron chi connectivity index (χ1n) is 9.60. The van der Waals surface area contributed by atoms with Gasteiger partial charge in [0.1, 0.15) is 12.8 Å². The molecular formula is C23H31N3OP+. The molecule has 0 aliphatic carbocycles. The van der Waals surface area contributed by atoms with Crippen molar-refractivity contribution < 1.29 is 4.57 Å². The second kappa shape index (κ2) is 12.7. The number of rotatable bonds is 4. The lowest BCUT2D eigenvalue weighted by Crippen LogP contribution is -1.99. The van der Waals surface area contributed by atoms with E-state index in [-0.39, 0.29) is 0 Å². The van der Waals surface area contributed by atoms with Gasteiger partial charge in [-0.3, -0.25) is 0 Å². The molecule has 0 spiro atoms. The minimum Gasteiger partial charge on any atom is -0.324 e. The van der Waals surface area contributed by atoms with E-state index >= 15 is 0 Å². The normalized spacial score (nSPS) is 10.0. The molecule has 0 bridgehead atoms. The maximum atomic E-state index is 9.96. The molecule has 1 heterocycles. The van der Waals surface area contributed by atoms with Gasteiger partial charge in [0.05, 0.1) is 5.69 Å². The fraction of sp³-hybridized carbons (Fsp3) is 0.304. The van der Waals surface area contributed by atoms with E-state index in [1.165, 1.54) is 11.1 Å². The summed E-state index contributed by atoms with van der Waals surface area (Å²) in [6, 6.07) is 18.3. The Morgan fingerprint density at radius 3 is 2.25 bits per heavy atom. The zero-order valence-electron chi connectivity index (χ0n) is 17.7. The summed E-state index contributed by atoms with van der Waals surface area (Å²) in [5.41, 5.74) is 5.43. The SMILES string of the molecule is CC.CC[P+](C)=O.Cc1ccc(C)c(Nc2nccc(-c3ccccc3)n2)c1. The summed E-state index contributed by atoms with van der Waals surface area (Å²) in [6.07, 6.45) is 2.60. The standard InChI is InChI=1S/C18H17N3.C3H8OP.C2H6/c1-13-8-9-14(2)17(12-13)21-18-19-11-10-16(20-18)15-6-4-3-5-7-15;1-3-5(2)4;1-2/h3-12H,1-2H3,(H,19,20,21);3H2,1-2H3;1-2H3/q;+1;. The highest BCUT2D eigenvalue weighted by Crippen LogP contribution is 2.22. The monoisotopic (exact) mass is 396 g/mol. The molecule has 0 radical (unpaired) electrons. The van der Waals surface area contributed by atoms with Crippen LogP contribution in [0.4, 0.5) is 11.6 Å². The van der Waals surface area contributed by atoms with Crippen molar-refractivity contribution in [3.8, 4) is 11.3 Å². The Labute approximate surface area is 170 Å². The van der Waals surface area contributed by atoms with Crippen LogP contribution in [-0.2, 0) is 4.57 Å². The van der Waals surface area contributed by atoms with Crippen LogP contribution in [0, 0.1) is 13.8 Å². The Morgan fingerprint density at radius 2 is 1.64 bits per heavy atom. The molecule has 0 saturated heterocycles. The first kappa shape index (κ1) is 23.5. The quantitative estimate of drug-likeness (QED) is 0.483. The fourth-order valence-electron chi connectivity index (χ4n) is 2.18. The lowest BCUT2D eigenvalue weighted by molar-refractivity contribution is 0.592. The van der Waals surface area contributed by atoms with Crippen LogP contribution in [0.2, 0.25) is 0 Å². The van der Waals surface area contributed by atoms with Gasteiger partial charge in [0, 0.05) is 17.4 Å². The van der Waals surface area contributed by atoms with E-state index < -0.39 is 7.80 Å². The summed E-state index contributed by atoms with van der Waals surface area (Å²) in [4.78, 5) is 8.90. The van der Waals surface area contributed by atoms with E-state index in [9.17, 15) is 4.57 Å². The van der Waals surface area contributed by atoms with Gasteiger partial charge in [-0.05, 0) is 44.0 Å². The maximum absolute atomic E-state index is 9.96. The van der Waals surface area contributed by atoms with Crippen molar-refractivity contribution in [2.75, 3.05) is 18.1 Å². The number of aryl methyl sites for hydroxylation is 2. The summed E-state index contributed by atoms with van der Waals surface area (Å²) in [5, 5.41) is 3.30. The van der Waals surface area contributed by atoms with Crippen molar-refractivity contribution in [1.82, 2.24) is 9.97 Å². The molecule has 0 aliphatic heterocycles. The summed E-state index contributed by atoms with van der Waals surface area (Å²) in [5.74, 6) is 0.616. The molecule has 28 heavy (non-hydrogen) atoms. The van der Waals surface area contributed by atoms with Crippen molar-refractivity contribution in [2.24, 2.45) is 0 Å². The van der Waals surface area contributed by atoms with Gasteiger partial charge in [0.25, 0.3) is 0 Å². The molecule has 0 fully saturated rings. The molecule has 3 aromatic rings. The molecule has 1 atom stereocenters. The number of aromatic nitrogens is 2. The highest BCUT2D eigenvalue weighted by molar-refractivity contribution is 7.43. The molecule has 2 aromatic carbocycles. The number of benzene rings is 2. The summed E-state index contributed by atoms with van der Waals surface area (Å²) < 4.78 is 9.96. The number of hydrogen-bond acceptors (Lipinski definition) is 4. The van der Waals surface area contributed by atoms with Gasteiger partial charge in [-0.1, -0.05) is 60.9 Å². The molecule has 1 N–H and O–H groups in total. The number of anilines is 2. The third kappa shape index (κ3) is 7.98. The van der Waals surface area contributed by atoms with Crippen LogP contribution in [0.3, 0.4) is 0 Å². The molecule has 0 amide bonds. The Kier molecular flexibility index (Phi) is 10.7. The van der Waals surface area contributed by atoms with Gasteiger partial charge in [-0.25, -0.2) is 9.97 Å². The Bertz CT molecular complexity index is 867. The second-order valence-corrected chi connectivity index (χ2v) is 7.91. The van der Waals surface area contributed by atoms with Crippen LogP contribution in [0.15, 0.2) is 60.8 Å². The van der Waals surface area contributed by atoms with Crippen LogP contribution >= 0.6 is 7.80 Å². The van der Waals surface area contributed by atoms with Gasteiger partial charge in [-0.15, -0.1) is 0 Å². The maximum Gasteiger partial charge on any atom is 0.335 e. The summed E-state index contributed by atoms with van der Waals surface area (Å²) >= 11 is 0. The predicted octanol–water partition coefficient (Wildman–Crippen LogP) is 6.99. The van der Waals surface area contributed by atoms with E-state index in [0.29, 0.717) is 5.95 Å². The zero-order valence-corrected chi connectivity index (χ0v) is 18.6. The topological polar surface area (TPSA) is 54.9 Å². The predicted molar refractivity (Wildman–Crippen MR) is 122 cm³/mol. The molecule has 5 heteroatoms. The van der Waals surface area contributed by atoms with Crippen LogP contribution < -0.4 is 5.32 Å². The second-order valence-electron chi connectivity index (χ2n) is 6.02. The van der Waals surface area contributed by atoms with Gasteiger partial charge in [0.2, 0.25) is 5.95 Å². The molecule has 0 aliphatic rings. The Morgan fingerprint density at radius 1 is 1.00 bits per heavy atom. The number of hydrogen-bond donors (Lipinski definition) is 1. The van der Waals surface area contributed by atoms with Crippen molar-refractivity contribution in [3.05, 3.63) is 71.9 Å². The van der Waals surface area contributed by atoms with E-state index in [0.717, 1.165) is 23.1 Å². The van der Waals surface area contributed by atoms with Gasteiger partial charge < -0.3 is 5.32 Å². The highest BCUT2D eigenvalue weighted by Gasteiger charge is 2.04. The average Bonchev–Trinajstić information content (AvgIpc) is 2.73. The minimum atomic E-state index is -0.848. The Hall–Kier alpha value is -2.58. The summed E-state index contributed by atoms with van der Waals surface area (Å²) in [7, 11) is -0.848. The van der Waals surface area contributed by atoms with E-state index in [1.54, 1.807) is 12.9 Å². The number of nitrogens with one attached hydrogen (secondary N) is 1. The summed E-state index contributed by atoms with van der Waals surface area (Å²) in [6.45, 7) is 11.8. The lowest BCUT2D eigenvalue weighted by Gasteiger charge is -2.10. The molecule has 4 nitrogen and oxygen atoms in total. The molecule has 1 aromatic heterocycles. The van der Waals surface area contributed by atoms with Crippen LogP contribution in [-0.4, -0.2) is 22.8 Å². The minimum absolute atomic E-state index is 0.616. The zero-order chi connectivity index (χ0) is 20.9. The molecule has 1 unspecified atom stereocenters. The molecular weight excluding hydrogens is 365 g/mol. The molecule has 0 saturated carbocycles. The van der Waals surface area contributed by atoms with Crippen LogP contribution in [0.5, 0.6) is 0 Å². The first-order chi connectivity index (χ1) is 13.5. The van der Waals surface area contributed by atoms with Crippen molar-refractivity contribution in [3.63, 3.8) is 0 Å². The van der Waals surface area contributed by atoms with Crippen molar-refractivity contribution in [1.29, 1.82) is 0 Å². The highest BCUT2D eigenvalue weighted by atomic mass is 31.1. The first-order valence-corrected chi connectivity index (χ1v) is 11.5. The Balaban J connectivity index is 0.000000490. The third-order valence-electron chi connectivity index (χ3n) is 3.81. The van der Waals surface area contributed by atoms with Crippen LogP contribution in [0.1, 0.15) is 31.9 Å². The third-order valence-corrected chi connectivity index (χ3v) is 4.70. The van der Waals surface area contributed by atoms with E-state index in [1.807, 2.05) is 57.2 Å². The molecule has 148 valence electrons. The van der Waals surface area contributed by atoms with Gasteiger partial charge in [0.15, 0.2) is 0 Å². The number of nitrogens with zero attached hydrogens (tertiary/aromatic N) is 2. The van der Waals surface area contributed by atoms with E-state index in [4.69, 9.17) is 0 Å². The van der Waals surface area contributed by atoms with Gasteiger partial charge in [-0.2, -0.15) is 0 Å². The van der Waals surface area contributed by atoms with Gasteiger partial charge >= 0.3 is 7.80 Å². The van der Waals surface area contributed by atoms with Crippen molar-refractivity contribution in [2.45, 2.75) is 34.6 Å². The average molecular weight is 396 g/mol. The largest absolute Gasteiger partial charge is 0.335 e. The van der Waals surface area contributed by atoms with Crippen molar-refractivity contribution >= 4 is 19.4 Å². The molecule has 3 rings (SSSR count). The van der Waals surface area contributed by atoms with E-state index in [2.05, 4.69) is 47.3 Å². The lowest BCUT2D eigenvalue weighted by atomic mass is 10.1.